The van der Waals surface area contributed by atoms with Crippen molar-refractivity contribution in [1.82, 2.24) is 14.1 Å². The van der Waals surface area contributed by atoms with Crippen LogP contribution in [-0.4, -0.2) is 30.1 Å². The van der Waals surface area contributed by atoms with E-state index in [2.05, 4.69) is 9.71 Å². The number of fused-ring (bicyclic) bond motifs is 1. The summed E-state index contributed by atoms with van der Waals surface area (Å²) in [4.78, 5) is 4.22. The Balaban J connectivity index is 0.00000176. The lowest BCUT2D eigenvalue weighted by atomic mass is 10.5. The standard InChI is InChI=1S/C13H13N3O2S3.ClH/c17-21(18,13-5-2-9-20-13)15-7-10-19-12-4-1-3-11-14-6-8-16(11)12;/h1-6,8-9,15H,7,10H2;1H. The van der Waals surface area contributed by atoms with Gasteiger partial charge in [0.2, 0.25) is 10.0 Å². The topological polar surface area (TPSA) is 63.5 Å². The van der Waals surface area contributed by atoms with Crippen molar-refractivity contribution in [3.05, 3.63) is 48.1 Å². The van der Waals surface area contributed by atoms with Gasteiger partial charge in [0, 0.05) is 24.7 Å². The highest BCUT2D eigenvalue weighted by atomic mass is 35.5. The molecule has 9 heteroatoms. The predicted octanol–water partition coefficient (Wildman–Crippen LogP) is 2.89. The number of imidazole rings is 1. The molecule has 3 aromatic heterocycles. The molecular weight excluding hydrogens is 362 g/mol. The highest BCUT2D eigenvalue weighted by Crippen LogP contribution is 2.19. The van der Waals surface area contributed by atoms with Crippen LogP contribution < -0.4 is 4.72 Å². The van der Waals surface area contributed by atoms with Crippen molar-refractivity contribution in [3.63, 3.8) is 0 Å². The number of halogens is 1. The summed E-state index contributed by atoms with van der Waals surface area (Å²) in [5.41, 5.74) is 0.888. The van der Waals surface area contributed by atoms with Crippen LogP contribution in [0.1, 0.15) is 0 Å². The summed E-state index contributed by atoms with van der Waals surface area (Å²) in [5, 5.41) is 2.79. The van der Waals surface area contributed by atoms with E-state index in [-0.39, 0.29) is 12.4 Å². The van der Waals surface area contributed by atoms with E-state index in [0.29, 0.717) is 16.5 Å². The van der Waals surface area contributed by atoms with E-state index in [1.54, 1.807) is 35.5 Å². The Morgan fingerprint density at radius 2 is 2.14 bits per heavy atom. The van der Waals surface area contributed by atoms with Crippen LogP contribution in [0, 0.1) is 0 Å². The summed E-state index contributed by atoms with van der Waals surface area (Å²) >= 11 is 2.81. The molecule has 0 atom stereocenters. The molecule has 0 radical (unpaired) electrons. The number of nitrogens with one attached hydrogen (secondary N) is 1. The minimum Gasteiger partial charge on any atom is -0.294 e. The van der Waals surface area contributed by atoms with Gasteiger partial charge < -0.3 is 0 Å². The highest BCUT2D eigenvalue weighted by molar-refractivity contribution is 7.99. The smallest absolute Gasteiger partial charge is 0.250 e. The van der Waals surface area contributed by atoms with Gasteiger partial charge in [0.25, 0.3) is 0 Å². The maximum atomic E-state index is 12.0. The molecule has 1 N–H and O–H groups in total. The monoisotopic (exact) mass is 375 g/mol. The van der Waals surface area contributed by atoms with Crippen molar-refractivity contribution in [2.75, 3.05) is 12.3 Å². The molecule has 0 aliphatic rings. The maximum Gasteiger partial charge on any atom is 0.250 e. The number of hydrogen-bond acceptors (Lipinski definition) is 5. The van der Waals surface area contributed by atoms with Crippen LogP contribution in [0.15, 0.2) is 57.3 Å². The largest absolute Gasteiger partial charge is 0.294 e. The van der Waals surface area contributed by atoms with Gasteiger partial charge in [-0.3, -0.25) is 4.40 Å². The molecule has 0 aromatic carbocycles. The van der Waals surface area contributed by atoms with Gasteiger partial charge in [-0.2, -0.15) is 0 Å². The van der Waals surface area contributed by atoms with Gasteiger partial charge in [-0.05, 0) is 23.6 Å². The Bertz CT molecular complexity index is 831. The first-order valence-electron chi connectivity index (χ1n) is 6.25. The molecule has 3 rings (SSSR count). The van der Waals surface area contributed by atoms with Gasteiger partial charge in [0.1, 0.15) is 9.86 Å². The molecule has 22 heavy (non-hydrogen) atoms. The Morgan fingerprint density at radius 3 is 2.91 bits per heavy atom. The van der Waals surface area contributed by atoms with Crippen LogP contribution in [0.3, 0.4) is 0 Å². The van der Waals surface area contributed by atoms with Crippen molar-refractivity contribution in [2.45, 2.75) is 9.24 Å². The number of hydrogen-bond donors (Lipinski definition) is 1. The average Bonchev–Trinajstić information content (AvgIpc) is 3.14. The van der Waals surface area contributed by atoms with E-state index < -0.39 is 10.0 Å². The Kier molecular flexibility index (Phi) is 5.87. The lowest BCUT2D eigenvalue weighted by molar-refractivity contribution is 0.586. The van der Waals surface area contributed by atoms with Crippen LogP contribution in [0.25, 0.3) is 5.65 Å². The van der Waals surface area contributed by atoms with E-state index in [1.807, 2.05) is 28.8 Å². The van der Waals surface area contributed by atoms with Gasteiger partial charge in [-0.1, -0.05) is 12.1 Å². The number of aromatic nitrogens is 2. The molecule has 0 amide bonds. The minimum absolute atomic E-state index is 0. The first-order valence-corrected chi connectivity index (χ1v) is 9.60. The molecule has 0 bridgehead atoms. The average molecular weight is 376 g/mol. The lowest BCUT2D eigenvalue weighted by Crippen LogP contribution is -2.25. The molecular formula is C13H14ClN3O2S3. The van der Waals surface area contributed by atoms with E-state index in [4.69, 9.17) is 0 Å². The Hall–Kier alpha value is -1.06. The first kappa shape index (κ1) is 17.3. The van der Waals surface area contributed by atoms with Crippen molar-refractivity contribution in [1.29, 1.82) is 0 Å². The third-order valence-corrected chi connectivity index (χ3v) is 6.69. The van der Waals surface area contributed by atoms with Crippen LogP contribution in [0.4, 0.5) is 0 Å². The SMILES string of the molecule is Cl.O=S(=O)(NCCSc1cccc2nccn12)c1cccs1. The van der Waals surface area contributed by atoms with E-state index in [1.165, 1.54) is 11.3 Å². The van der Waals surface area contributed by atoms with Gasteiger partial charge in [0.05, 0.1) is 5.03 Å². The second-order valence-electron chi connectivity index (χ2n) is 4.20. The van der Waals surface area contributed by atoms with E-state index >= 15 is 0 Å². The second kappa shape index (κ2) is 7.47. The fourth-order valence-corrected chi connectivity index (χ4v) is 4.94. The summed E-state index contributed by atoms with van der Waals surface area (Å²) in [6.07, 6.45) is 3.65. The normalized spacial score (nSPS) is 11.5. The minimum atomic E-state index is -3.37. The number of rotatable bonds is 6. The first-order chi connectivity index (χ1) is 10.2. The number of thiophene rings is 1. The summed E-state index contributed by atoms with van der Waals surface area (Å²) < 4.78 is 28.8. The number of sulfonamides is 1. The third-order valence-electron chi connectivity index (χ3n) is 2.79. The molecule has 0 aliphatic carbocycles. The number of nitrogens with zero attached hydrogens (tertiary/aromatic N) is 2. The molecule has 3 heterocycles. The summed E-state index contributed by atoms with van der Waals surface area (Å²) in [6.45, 7) is 0.385. The lowest BCUT2D eigenvalue weighted by Gasteiger charge is -2.06. The molecule has 0 fully saturated rings. The maximum absolute atomic E-state index is 12.0. The number of thioether (sulfide) groups is 1. The van der Waals surface area contributed by atoms with Gasteiger partial charge >= 0.3 is 0 Å². The quantitative estimate of drug-likeness (QED) is 0.531. The summed E-state index contributed by atoms with van der Waals surface area (Å²) in [5.74, 6) is 0.655. The summed E-state index contributed by atoms with van der Waals surface area (Å²) in [6, 6.07) is 9.21. The van der Waals surface area contributed by atoms with E-state index in [0.717, 1.165) is 10.7 Å². The second-order valence-corrected chi connectivity index (χ2v) is 8.25. The third kappa shape index (κ3) is 3.82. The molecule has 0 unspecified atom stereocenters. The van der Waals surface area contributed by atoms with Crippen molar-refractivity contribution >= 4 is 51.2 Å². The molecule has 0 aliphatic heterocycles. The highest BCUT2D eigenvalue weighted by Gasteiger charge is 2.13. The fourth-order valence-electron chi connectivity index (χ4n) is 1.86. The Morgan fingerprint density at radius 1 is 1.27 bits per heavy atom. The van der Waals surface area contributed by atoms with Crippen molar-refractivity contribution in [3.8, 4) is 0 Å². The van der Waals surface area contributed by atoms with Crippen LogP contribution in [0.2, 0.25) is 0 Å². The molecule has 0 saturated carbocycles. The van der Waals surface area contributed by atoms with Crippen LogP contribution in [0.5, 0.6) is 0 Å². The molecule has 118 valence electrons. The van der Waals surface area contributed by atoms with E-state index in [9.17, 15) is 8.42 Å². The van der Waals surface area contributed by atoms with Gasteiger partial charge in [-0.25, -0.2) is 18.1 Å². The zero-order valence-electron chi connectivity index (χ0n) is 11.4. The number of pyridine rings is 1. The van der Waals surface area contributed by atoms with Gasteiger partial charge in [-0.15, -0.1) is 35.5 Å². The van der Waals surface area contributed by atoms with Crippen molar-refractivity contribution < 1.29 is 8.42 Å². The molecule has 3 aromatic rings. The molecule has 5 nitrogen and oxygen atoms in total. The zero-order chi connectivity index (χ0) is 14.7. The van der Waals surface area contributed by atoms with Crippen LogP contribution in [-0.2, 0) is 10.0 Å². The summed E-state index contributed by atoms with van der Waals surface area (Å²) in [7, 11) is -3.37. The molecule has 0 spiro atoms. The van der Waals surface area contributed by atoms with Gasteiger partial charge in [0.15, 0.2) is 0 Å². The zero-order valence-corrected chi connectivity index (χ0v) is 14.6. The predicted molar refractivity (Wildman–Crippen MR) is 92.7 cm³/mol. The van der Waals surface area contributed by atoms with Crippen LogP contribution >= 0.6 is 35.5 Å². The Labute approximate surface area is 143 Å². The van der Waals surface area contributed by atoms with Crippen molar-refractivity contribution in [2.24, 2.45) is 0 Å². The fraction of sp³-hybridized carbons (Fsp3) is 0.154. The molecule has 0 saturated heterocycles.